The number of aliphatic carboxylic acids is 1. The number of carboxylic acid groups (broad SMARTS) is 1. The Morgan fingerprint density at radius 2 is 2.08 bits per heavy atom. The Morgan fingerprint density at radius 1 is 1.50 bits per heavy atom. The van der Waals surface area contributed by atoms with Crippen LogP contribution in [0.5, 0.6) is 0 Å². The van der Waals surface area contributed by atoms with Gasteiger partial charge < -0.3 is 15.7 Å². The Hall–Kier alpha value is -0.452. The maximum atomic E-state index is 10.4. The van der Waals surface area contributed by atoms with Crippen molar-refractivity contribution >= 4 is 11.9 Å². The zero-order chi connectivity index (χ0) is 8.69. The summed E-state index contributed by atoms with van der Waals surface area (Å²) >= 11 is 0. The largest absolute Gasteiger partial charge is 0.481 e. The molecule has 0 saturated heterocycles. The number of carboxylic acids is 1. The molecule has 0 bridgehead atoms. The Kier molecular flexibility index (Phi) is 10.2. The van der Waals surface area contributed by atoms with Crippen molar-refractivity contribution < 1.29 is 40.6 Å². The van der Waals surface area contributed by atoms with Crippen molar-refractivity contribution in [2.24, 2.45) is 5.73 Å². The number of hydrogen-bond donors (Lipinski definition) is 3. The van der Waals surface area contributed by atoms with Crippen LogP contribution in [0.1, 0.15) is 6.42 Å². The SMILES string of the molecule is NCCNOC(=O)CC(=O)O.[Pt]. The summed E-state index contributed by atoms with van der Waals surface area (Å²) in [6.45, 7) is 0.631. The van der Waals surface area contributed by atoms with Gasteiger partial charge in [0.1, 0.15) is 6.42 Å². The van der Waals surface area contributed by atoms with Gasteiger partial charge in [-0.15, -0.1) is 0 Å². The summed E-state index contributed by atoms with van der Waals surface area (Å²) in [5.74, 6) is -2.05. The number of carbonyl (C=O) groups is 2. The van der Waals surface area contributed by atoms with Gasteiger partial charge in [0.25, 0.3) is 0 Å². The predicted octanol–water partition coefficient (Wildman–Crippen LogP) is -1.53. The molecule has 0 aromatic rings. The van der Waals surface area contributed by atoms with E-state index in [1.165, 1.54) is 0 Å². The fourth-order valence-corrected chi connectivity index (χ4v) is 0.350. The van der Waals surface area contributed by atoms with E-state index < -0.39 is 18.4 Å². The standard InChI is InChI=1S/C5H10N2O4.Pt/c6-1-2-7-11-5(10)3-4(8)9;/h7H,1-3,6H2,(H,8,9);. The van der Waals surface area contributed by atoms with Gasteiger partial charge in [0.2, 0.25) is 0 Å². The normalized spacial score (nSPS) is 8.42. The molecule has 0 amide bonds. The van der Waals surface area contributed by atoms with Crippen LogP contribution in [0.25, 0.3) is 0 Å². The van der Waals surface area contributed by atoms with Crippen LogP contribution in [0.2, 0.25) is 0 Å². The summed E-state index contributed by atoms with van der Waals surface area (Å²) in [5.41, 5.74) is 7.25. The van der Waals surface area contributed by atoms with Gasteiger partial charge in [-0.3, -0.25) is 4.79 Å². The monoisotopic (exact) mass is 357 g/mol. The molecule has 6 nitrogen and oxygen atoms in total. The van der Waals surface area contributed by atoms with Crippen LogP contribution in [0, 0.1) is 0 Å². The molecule has 0 unspecified atom stereocenters. The average molecular weight is 357 g/mol. The van der Waals surface area contributed by atoms with Crippen LogP contribution in [0.4, 0.5) is 0 Å². The van der Waals surface area contributed by atoms with Gasteiger partial charge in [-0.25, -0.2) is 4.79 Å². The molecule has 0 rings (SSSR count). The first-order valence-corrected chi connectivity index (χ1v) is 3.01. The predicted molar refractivity (Wildman–Crippen MR) is 35.4 cm³/mol. The second kappa shape index (κ2) is 8.64. The molecule has 0 heterocycles. The molecule has 4 N–H and O–H groups in total. The third kappa shape index (κ3) is 9.55. The Labute approximate surface area is 83.7 Å². The van der Waals surface area contributed by atoms with Crippen LogP contribution in [-0.2, 0) is 35.5 Å². The fraction of sp³-hybridized carbons (Fsp3) is 0.600. The van der Waals surface area contributed by atoms with Crippen LogP contribution < -0.4 is 11.2 Å². The summed E-state index contributed by atoms with van der Waals surface area (Å²) in [7, 11) is 0. The summed E-state index contributed by atoms with van der Waals surface area (Å²) < 4.78 is 0. The van der Waals surface area contributed by atoms with Crippen molar-refractivity contribution in [2.75, 3.05) is 13.1 Å². The second-order valence-electron chi connectivity index (χ2n) is 1.73. The Morgan fingerprint density at radius 3 is 2.50 bits per heavy atom. The average Bonchev–Trinajstić information content (AvgIpc) is 1.86. The molecule has 0 aromatic carbocycles. The van der Waals surface area contributed by atoms with Gasteiger partial charge >= 0.3 is 11.9 Å². The quantitative estimate of drug-likeness (QED) is 0.313. The number of hydrogen-bond acceptors (Lipinski definition) is 5. The van der Waals surface area contributed by atoms with Crippen molar-refractivity contribution in [2.45, 2.75) is 6.42 Å². The number of carbonyl (C=O) groups excluding carboxylic acids is 1. The van der Waals surface area contributed by atoms with E-state index in [-0.39, 0.29) is 21.1 Å². The first-order valence-electron chi connectivity index (χ1n) is 3.01. The molecular formula is C5H10N2O4Pt. The zero-order valence-corrected chi connectivity index (χ0v) is 8.46. The molecule has 0 aliphatic rings. The minimum atomic E-state index is -1.22. The molecule has 0 aliphatic carbocycles. The molecule has 74 valence electrons. The van der Waals surface area contributed by atoms with Gasteiger partial charge in [-0.2, -0.15) is 5.48 Å². The molecule has 0 spiro atoms. The molecule has 0 aromatic heterocycles. The van der Waals surface area contributed by atoms with Crippen molar-refractivity contribution in [3.05, 3.63) is 0 Å². The van der Waals surface area contributed by atoms with Crippen LogP contribution in [0.15, 0.2) is 0 Å². The van der Waals surface area contributed by atoms with Crippen LogP contribution in [0.3, 0.4) is 0 Å². The Balaban J connectivity index is 0. The third-order valence-electron chi connectivity index (χ3n) is 0.728. The van der Waals surface area contributed by atoms with E-state index in [0.717, 1.165) is 0 Å². The van der Waals surface area contributed by atoms with Crippen molar-refractivity contribution in [1.29, 1.82) is 0 Å². The van der Waals surface area contributed by atoms with Gasteiger partial charge in [-0.05, 0) is 0 Å². The number of rotatable bonds is 5. The molecule has 7 heteroatoms. The maximum Gasteiger partial charge on any atom is 0.335 e. The molecular weight excluding hydrogens is 347 g/mol. The van der Waals surface area contributed by atoms with Crippen molar-refractivity contribution in [3.8, 4) is 0 Å². The molecule has 0 fully saturated rings. The van der Waals surface area contributed by atoms with Crippen molar-refractivity contribution in [1.82, 2.24) is 5.48 Å². The number of nitrogens with one attached hydrogen (secondary N) is 1. The fourth-order valence-electron chi connectivity index (χ4n) is 0.350. The van der Waals surface area contributed by atoms with Gasteiger partial charge in [-0.1, -0.05) is 0 Å². The van der Waals surface area contributed by atoms with E-state index in [4.69, 9.17) is 10.8 Å². The number of nitrogens with two attached hydrogens (primary N) is 1. The van der Waals surface area contributed by atoms with Gasteiger partial charge in [0.15, 0.2) is 0 Å². The van der Waals surface area contributed by atoms with E-state index in [0.29, 0.717) is 13.1 Å². The number of hydroxylamine groups is 1. The molecule has 0 radical (unpaired) electrons. The molecule has 0 saturated carbocycles. The maximum absolute atomic E-state index is 10.4. The van der Waals surface area contributed by atoms with Crippen molar-refractivity contribution in [3.63, 3.8) is 0 Å². The summed E-state index contributed by atoms with van der Waals surface area (Å²) in [5, 5.41) is 8.09. The second-order valence-corrected chi connectivity index (χ2v) is 1.73. The van der Waals surface area contributed by atoms with E-state index in [1.807, 2.05) is 0 Å². The van der Waals surface area contributed by atoms with E-state index in [2.05, 4.69) is 10.3 Å². The molecule has 0 atom stereocenters. The zero-order valence-electron chi connectivity index (χ0n) is 6.19. The Bertz CT molecular complexity index is 152. The molecule has 12 heavy (non-hydrogen) atoms. The topological polar surface area (TPSA) is 102 Å². The van der Waals surface area contributed by atoms with Gasteiger partial charge in [0, 0.05) is 34.2 Å². The van der Waals surface area contributed by atoms with E-state index in [9.17, 15) is 9.59 Å². The third-order valence-corrected chi connectivity index (χ3v) is 0.728. The van der Waals surface area contributed by atoms with Crippen LogP contribution in [-0.4, -0.2) is 30.1 Å². The molecule has 0 aliphatic heterocycles. The van der Waals surface area contributed by atoms with Gasteiger partial charge in [0.05, 0.1) is 0 Å². The summed E-state index contributed by atoms with van der Waals surface area (Å²) in [4.78, 5) is 24.6. The first kappa shape index (κ1) is 14.1. The summed E-state index contributed by atoms with van der Waals surface area (Å²) in [6, 6.07) is 0. The summed E-state index contributed by atoms with van der Waals surface area (Å²) in [6.07, 6.45) is -0.641. The van der Waals surface area contributed by atoms with Crippen LogP contribution >= 0.6 is 0 Å². The minimum absolute atomic E-state index is 0. The van der Waals surface area contributed by atoms with E-state index in [1.54, 1.807) is 0 Å². The van der Waals surface area contributed by atoms with E-state index >= 15 is 0 Å². The first-order chi connectivity index (χ1) is 5.16. The smallest absolute Gasteiger partial charge is 0.335 e. The minimum Gasteiger partial charge on any atom is -0.481 e.